The molecule has 0 spiro atoms. The molecule has 2 aromatic heterocycles. The Kier molecular flexibility index (Phi) is 7.76. The molecule has 2 aromatic rings. The van der Waals surface area contributed by atoms with E-state index in [1.807, 2.05) is 6.07 Å². The molecule has 0 aliphatic heterocycles. The van der Waals surface area contributed by atoms with Crippen LogP contribution in [0.25, 0.3) is 0 Å². The maximum Gasteiger partial charge on any atom is 0.115 e. The molecule has 5 heteroatoms. The molecule has 0 atom stereocenters. The summed E-state index contributed by atoms with van der Waals surface area (Å²) in [5.41, 5.74) is 0. The van der Waals surface area contributed by atoms with Crippen LogP contribution in [0.4, 0.5) is 0 Å². The topological polar surface area (TPSA) is 54.5 Å². The summed E-state index contributed by atoms with van der Waals surface area (Å²) in [6.45, 7) is 0. The summed E-state index contributed by atoms with van der Waals surface area (Å²) >= 11 is 0. The third-order valence-electron chi connectivity index (χ3n) is 0.883. The zero-order valence-electron chi connectivity index (χ0n) is 6.38. The van der Waals surface area contributed by atoms with E-state index < -0.39 is 0 Å². The Balaban J connectivity index is 0.000000189. The van der Waals surface area contributed by atoms with Gasteiger partial charge in [-0.05, 0) is 12.1 Å². The van der Waals surface area contributed by atoms with Crippen molar-refractivity contribution in [3.8, 4) is 0 Å². The van der Waals surface area contributed by atoms with Crippen molar-refractivity contribution < 1.29 is 0 Å². The molecule has 2 rings (SSSR count). The fraction of sp³-hybridized carbons (Fsp3) is 0. The fourth-order valence-electron chi connectivity index (χ4n) is 0.469. The molecule has 0 bridgehead atoms. The molecule has 4 nitrogen and oxygen atoms in total. The van der Waals surface area contributed by atoms with Crippen LogP contribution < -0.4 is 0 Å². The summed E-state index contributed by atoms with van der Waals surface area (Å²) < 4.78 is 0. The van der Waals surface area contributed by atoms with Gasteiger partial charge in [0.2, 0.25) is 0 Å². The minimum absolute atomic E-state index is 0. The molecular weight excluding hydrogens is 347 g/mol. The normalized spacial score (nSPS) is 7.33. The summed E-state index contributed by atoms with van der Waals surface area (Å²) in [4.78, 5) is 7.35. The largest absolute Gasteiger partial charge is 0.286 e. The van der Waals surface area contributed by atoms with Crippen LogP contribution in [0, 0.1) is 0 Å². The molecule has 0 amide bonds. The van der Waals surface area contributed by atoms with Gasteiger partial charge in [0.25, 0.3) is 0 Å². The van der Waals surface area contributed by atoms with Gasteiger partial charge in [0.1, 0.15) is 6.33 Å². The summed E-state index contributed by atoms with van der Waals surface area (Å²) in [5.74, 6) is 0. The van der Waals surface area contributed by atoms with Crippen LogP contribution in [0.2, 0.25) is 0 Å². The van der Waals surface area contributed by atoms with Crippen LogP contribution in [0.15, 0.2) is 43.2 Å². The first-order valence-corrected chi connectivity index (χ1v) is 3.14. The van der Waals surface area contributed by atoms with Gasteiger partial charge in [-0.1, -0.05) is 0 Å². The van der Waals surface area contributed by atoms with E-state index in [-0.39, 0.29) is 27.3 Å². The van der Waals surface area contributed by atoms with Crippen LogP contribution in [-0.2, 0) is 0 Å². The van der Waals surface area contributed by atoms with Crippen molar-refractivity contribution in [3.63, 3.8) is 0 Å². The van der Waals surface area contributed by atoms with Gasteiger partial charge in [-0.15, -0.1) is 0 Å². The van der Waals surface area contributed by atoms with Crippen LogP contribution in [0.1, 0.15) is 0 Å². The first-order chi connectivity index (χ1) is 5.50. The van der Waals surface area contributed by atoms with Gasteiger partial charge in [-0.3, -0.25) is 5.10 Å². The predicted octanol–water partition coefficient (Wildman–Crippen LogP) is 0.505. The van der Waals surface area contributed by atoms with E-state index in [4.69, 9.17) is 0 Å². The molecule has 1 N–H and O–H groups in total. The van der Waals surface area contributed by atoms with E-state index in [9.17, 15) is 0 Å². The Hall–Kier alpha value is -0.788. The molecule has 4 radical (unpaired) electrons. The Bertz CT molecular complexity index is 201. The first kappa shape index (κ1) is 11.2. The smallest absolute Gasteiger partial charge is 0.115 e. The second kappa shape index (κ2) is 8.31. The van der Waals surface area contributed by atoms with E-state index in [0.717, 1.165) is 0 Å². The molecule has 60 valence electrons. The second-order valence-corrected chi connectivity index (χ2v) is 1.67. The monoisotopic (exact) mass is 356 g/mol. The van der Waals surface area contributed by atoms with Crippen molar-refractivity contribution in [3.05, 3.63) is 43.2 Å². The average Bonchev–Trinajstić information content (AvgIpc) is 2.64. The number of hydrogen-bond donors (Lipinski definition) is 1. The van der Waals surface area contributed by atoms with E-state index in [1.54, 1.807) is 30.9 Å². The minimum atomic E-state index is 0. The number of H-pyrrole nitrogens is 1. The summed E-state index contributed by atoms with van der Waals surface area (Å²) in [7, 11) is 0. The number of aromatic nitrogens is 4. The van der Waals surface area contributed by atoms with Crippen molar-refractivity contribution in [2.75, 3.05) is 0 Å². The Labute approximate surface area is 90.6 Å². The average molecular weight is 355 g/mol. The third-order valence-corrected chi connectivity index (χ3v) is 0.883. The van der Waals surface area contributed by atoms with Crippen LogP contribution in [0.3, 0.4) is 0 Å². The van der Waals surface area contributed by atoms with E-state index in [0.29, 0.717) is 0 Å². The molecule has 0 fully saturated rings. The predicted molar refractivity (Wildman–Crippen MR) is 46.4 cm³/mol. The summed E-state index contributed by atoms with van der Waals surface area (Å²) in [6, 6.07) is 3.61. The van der Waals surface area contributed by atoms with Crippen molar-refractivity contribution in [1.29, 1.82) is 0 Å². The zero-order valence-corrected chi connectivity index (χ0v) is 10.3. The van der Waals surface area contributed by atoms with Crippen molar-refractivity contribution in [1.82, 2.24) is 20.2 Å². The molecule has 0 saturated carbocycles. The number of aromatic amines is 1. The molecule has 12 heavy (non-hydrogen) atoms. The summed E-state index contributed by atoms with van der Waals surface area (Å²) in [6.07, 6.45) is 8.33. The van der Waals surface area contributed by atoms with E-state index in [1.165, 1.54) is 6.33 Å². The Morgan fingerprint density at radius 3 is 1.83 bits per heavy atom. The van der Waals surface area contributed by atoms with Gasteiger partial charge in [0, 0.05) is 52.1 Å². The van der Waals surface area contributed by atoms with Crippen molar-refractivity contribution in [2.24, 2.45) is 0 Å². The fourth-order valence-corrected chi connectivity index (χ4v) is 0.469. The summed E-state index contributed by atoms with van der Waals surface area (Å²) in [5, 5.41) is 6.21. The van der Waals surface area contributed by atoms with Gasteiger partial charge in [-0.25, -0.2) is 9.97 Å². The SMILES string of the molecule is [Pb].c1cn[nH]c1.c1cncnc1. The molecule has 2 heterocycles. The number of rotatable bonds is 0. The molecule has 0 aliphatic carbocycles. The van der Waals surface area contributed by atoms with Crippen molar-refractivity contribution >= 4 is 27.3 Å². The Morgan fingerprint density at radius 1 is 0.917 bits per heavy atom. The molecular formula is C7H8N4Pb. The van der Waals surface area contributed by atoms with Crippen LogP contribution in [0.5, 0.6) is 0 Å². The van der Waals surface area contributed by atoms with E-state index in [2.05, 4.69) is 20.2 Å². The molecule has 0 saturated heterocycles. The van der Waals surface area contributed by atoms with Gasteiger partial charge in [-0.2, -0.15) is 5.10 Å². The van der Waals surface area contributed by atoms with Gasteiger partial charge >= 0.3 is 0 Å². The number of nitrogens with one attached hydrogen (secondary N) is 1. The molecule has 0 aliphatic rings. The maximum absolute atomic E-state index is 3.67. The second-order valence-electron chi connectivity index (χ2n) is 1.67. The molecule has 0 unspecified atom stereocenters. The quantitative estimate of drug-likeness (QED) is 0.701. The van der Waals surface area contributed by atoms with E-state index >= 15 is 0 Å². The molecule has 0 aromatic carbocycles. The van der Waals surface area contributed by atoms with Crippen LogP contribution >= 0.6 is 0 Å². The Morgan fingerprint density at radius 2 is 1.67 bits per heavy atom. The number of nitrogens with zero attached hydrogens (tertiary/aromatic N) is 3. The maximum atomic E-state index is 3.67. The zero-order chi connectivity index (χ0) is 7.78. The minimum Gasteiger partial charge on any atom is -0.286 e. The number of hydrogen-bond acceptors (Lipinski definition) is 3. The van der Waals surface area contributed by atoms with Crippen LogP contribution in [-0.4, -0.2) is 47.5 Å². The standard InChI is InChI=1S/C4H4N2.C3H4N2.Pb/c1-2-5-4-6-3-1;1-2-4-5-3-1;/h1-4H;1-3H,(H,4,5);. The van der Waals surface area contributed by atoms with Gasteiger partial charge < -0.3 is 0 Å². The van der Waals surface area contributed by atoms with Crippen molar-refractivity contribution in [2.45, 2.75) is 0 Å². The van der Waals surface area contributed by atoms with Gasteiger partial charge in [0.15, 0.2) is 0 Å². The first-order valence-electron chi connectivity index (χ1n) is 3.14. The van der Waals surface area contributed by atoms with Gasteiger partial charge in [0.05, 0.1) is 0 Å². The third kappa shape index (κ3) is 5.96.